The number of unbranched alkanes of at least 4 members (excludes halogenated alkanes) is 4. The number of carbonyl (C=O) groups is 13. The van der Waals surface area contributed by atoms with Gasteiger partial charge in [-0.3, -0.25) is 62.3 Å². The van der Waals surface area contributed by atoms with Crippen molar-refractivity contribution in [2.75, 3.05) is 70.5 Å². The van der Waals surface area contributed by atoms with E-state index in [0.717, 1.165) is 20.8 Å². The van der Waals surface area contributed by atoms with Crippen LogP contribution in [0, 0.1) is 53.3 Å². The SMILES string of the molecule is CCCC[C@@H]1CC(=O)CN(S(=O)(=O)CCCNC(=O)[C@@H](N)CS)CCCC(=O)[C@H](CCCCN)NC(=O)[C@H](CC(C)C)CC(=O)[C@H](CCCCN)NC(=O)[C@H](CC(C)C)CC(=O)[C@H](CCCCN)NC(=O)COC[C@H]2CCCN2C(=O)[C@H](Cc2c[nH]c3ccccc23)CC(=O)[C@H](C)NC(=O)[C@H](C(C)C)CC(=O)[C@H](C(C)C)NC1=O. The molecule has 0 saturated carbocycles. The van der Waals surface area contributed by atoms with E-state index < -0.39 is 189 Å². The Hall–Kier alpha value is -6.87. The van der Waals surface area contributed by atoms with Gasteiger partial charge < -0.3 is 69.5 Å². The third-order valence-electron chi connectivity index (χ3n) is 21.7. The lowest BCUT2D eigenvalue weighted by atomic mass is 9.85. The first kappa shape index (κ1) is 99.5. The molecule has 3 heterocycles. The highest BCUT2D eigenvalue weighted by atomic mass is 32.2. The topological polar surface area (TPSA) is 464 Å². The monoisotopic (exact) mass is 1640 g/mol. The van der Waals surface area contributed by atoms with E-state index in [4.69, 9.17) is 27.7 Å². The molecule has 4 rings (SSSR count). The third-order valence-corrected chi connectivity index (χ3v) is 24.0. The second kappa shape index (κ2) is 52.0. The quantitative estimate of drug-likeness (QED) is 0.0326. The maximum Gasteiger partial charge on any atom is 0.246 e. The number of sulfonamides is 1. The number of H-pyrrole nitrogens is 1. The number of aromatic nitrogens is 1. The number of Topliss-reactive ketones (excluding diaryl/α,β-unsaturated/α-hetero) is 6. The number of ether oxygens (including phenoxy) is 1. The van der Waals surface area contributed by atoms with Crippen LogP contribution in [-0.4, -0.2) is 211 Å². The second-order valence-electron chi connectivity index (χ2n) is 33.1. The van der Waals surface area contributed by atoms with Crippen LogP contribution >= 0.6 is 12.6 Å². The Kier molecular flexibility index (Phi) is 45.4. The number of benzene rings is 1. The van der Waals surface area contributed by atoms with E-state index in [0.29, 0.717) is 83.8 Å². The minimum atomic E-state index is -4.36. The lowest BCUT2D eigenvalue weighted by Gasteiger charge is -2.30. The molecule has 12 atom stereocenters. The summed E-state index contributed by atoms with van der Waals surface area (Å²) in [6, 6.07) is 0.534. The van der Waals surface area contributed by atoms with E-state index in [2.05, 4.69) is 49.5 Å². The van der Waals surface area contributed by atoms with Gasteiger partial charge in [0, 0.05) is 111 Å². The molecule has 29 nitrogen and oxygen atoms in total. The molecule has 1 aromatic heterocycles. The summed E-state index contributed by atoms with van der Waals surface area (Å²) in [5.74, 6) is -13.4. The fourth-order valence-electron chi connectivity index (χ4n) is 15.1. The largest absolute Gasteiger partial charge is 0.370 e. The molecule has 1 aromatic carbocycles. The Morgan fingerprint density at radius 2 is 1.18 bits per heavy atom. The van der Waals surface area contributed by atoms with Crippen molar-refractivity contribution >= 4 is 110 Å². The summed E-state index contributed by atoms with van der Waals surface area (Å²) in [5, 5.41) is 17.9. The van der Waals surface area contributed by atoms with Crippen molar-refractivity contribution in [2.45, 2.75) is 272 Å². The molecule has 15 N–H and O–H groups in total. The highest BCUT2D eigenvalue weighted by Gasteiger charge is 2.40. The molecule has 0 aliphatic carbocycles. The van der Waals surface area contributed by atoms with Crippen molar-refractivity contribution < 1.29 is 75.5 Å². The molecule has 2 saturated heterocycles. The van der Waals surface area contributed by atoms with E-state index in [1.54, 1.807) is 38.8 Å². The van der Waals surface area contributed by atoms with Gasteiger partial charge in [0.05, 0.1) is 61.2 Å². The summed E-state index contributed by atoms with van der Waals surface area (Å²) in [6.45, 7) is 17.4. The van der Waals surface area contributed by atoms with Crippen LogP contribution in [0.4, 0.5) is 0 Å². The number of hydrogen-bond acceptors (Lipinski definition) is 21. The van der Waals surface area contributed by atoms with Gasteiger partial charge in [0.2, 0.25) is 51.4 Å². The molecular weight excluding hydrogens is 1500 g/mol. The molecule has 2 aliphatic heterocycles. The molecule has 2 aromatic rings. The average molecular weight is 1640 g/mol. The van der Waals surface area contributed by atoms with Gasteiger partial charge in [-0.25, -0.2) is 8.42 Å². The van der Waals surface area contributed by atoms with Crippen LogP contribution in [0.15, 0.2) is 30.5 Å². The molecule has 114 heavy (non-hydrogen) atoms. The number of fused-ring (bicyclic) bond motifs is 2. The van der Waals surface area contributed by atoms with Gasteiger partial charge in [-0.1, -0.05) is 93.4 Å². The van der Waals surface area contributed by atoms with E-state index in [1.165, 1.54) is 6.92 Å². The number of amides is 7. The van der Waals surface area contributed by atoms with Crippen molar-refractivity contribution in [1.82, 2.24) is 46.1 Å². The van der Waals surface area contributed by atoms with Crippen molar-refractivity contribution in [2.24, 2.45) is 76.2 Å². The first-order valence-corrected chi connectivity index (χ1v) is 44.2. The molecule has 2 aliphatic rings. The number of rotatable bonds is 30. The Morgan fingerprint density at radius 1 is 0.614 bits per heavy atom. The number of thiol groups is 1. The van der Waals surface area contributed by atoms with Crippen LogP contribution in [0.2, 0.25) is 0 Å². The van der Waals surface area contributed by atoms with E-state index >= 15 is 4.79 Å². The Morgan fingerprint density at radius 3 is 1.73 bits per heavy atom. The van der Waals surface area contributed by atoms with Gasteiger partial charge in [0.15, 0.2) is 28.9 Å². The zero-order chi connectivity index (χ0) is 84.8. The van der Waals surface area contributed by atoms with Gasteiger partial charge >= 0.3 is 0 Å². The number of para-hydroxylation sites is 1. The fourth-order valence-corrected chi connectivity index (χ4v) is 16.8. The lowest BCUT2D eigenvalue weighted by Crippen LogP contribution is -2.50. The zero-order valence-corrected chi connectivity index (χ0v) is 71.4. The van der Waals surface area contributed by atoms with Crippen LogP contribution in [-0.2, 0) is 83.5 Å². The molecule has 0 bridgehead atoms. The molecule has 0 spiro atoms. The highest BCUT2D eigenvalue weighted by molar-refractivity contribution is 7.89. The van der Waals surface area contributed by atoms with Crippen molar-refractivity contribution in [3.63, 3.8) is 0 Å². The summed E-state index contributed by atoms with van der Waals surface area (Å²) in [4.78, 5) is 193. The number of carbonyl (C=O) groups excluding carboxylic acids is 13. The summed E-state index contributed by atoms with van der Waals surface area (Å²) < 4.78 is 36.0. The van der Waals surface area contributed by atoms with E-state index in [9.17, 15) is 66.0 Å². The van der Waals surface area contributed by atoms with Crippen LogP contribution in [0.25, 0.3) is 10.9 Å². The van der Waals surface area contributed by atoms with Crippen LogP contribution in [0.5, 0.6) is 0 Å². The van der Waals surface area contributed by atoms with Gasteiger partial charge in [0.25, 0.3) is 0 Å². The van der Waals surface area contributed by atoms with Crippen LogP contribution < -0.4 is 54.8 Å². The van der Waals surface area contributed by atoms with Gasteiger partial charge in [-0.2, -0.15) is 16.9 Å². The molecule has 7 amide bonds. The van der Waals surface area contributed by atoms with Crippen LogP contribution in [0.3, 0.4) is 0 Å². The average Bonchev–Trinajstić information content (AvgIpc) is 1.62. The molecule has 31 heteroatoms. The number of hydrogen-bond donors (Lipinski definition) is 12. The minimum Gasteiger partial charge on any atom is -0.370 e. The fraction of sp³-hybridized carbons (Fsp3) is 0.747. The summed E-state index contributed by atoms with van der Waals surface area (Å²) >= 11 is 4.08. The molecule has 0 unspecified atom stereocenters. The predicted molar refractivity (Wildman–Crippen MR) is 444 cm³/mol. The van der Waals surface area contributed by atoms with Crippen molar-refractivity contribution in [1.29, 1.82) is 0 Å². The third kappa shape index (κ3) is 34.4. The number of nitrogens with two attached hydrogens (primary N) is 4. The summed E-state index contributed by atoms with van der Waals surface area (Å²) in [7, 11) is -4.36. The molecule has 0 radical (unpaired) electrons. The number of nitrogens with zero attached hydrogens (tertiary/aromatic N) is 2. The minimum absolute atomic E-state index is 0.0330. The van der Waals surface area contributed by atoms with E-state index in [-0.39, 0.29) is 140 Å². The number of aromatic amines is 1. The maximum atomic E-state index is 15.1. The molecule has 2 fully saturated rings. The predicted octanol–water partition coefficient (Wildman–Crippen LogP) is 5.78. The Bertz CT molecular complexity index is 3550. The van der Waals surface area contributed by atoms with Crippen molar-refractivity contribution in [3.05, 3.63) is 36.0 Å². The molecule has 644 valence electrons. The highest BCUT2D eigenvalue weighted by Crippen LogP contribution is 2.30. The number of nitrogens with one attached hydrogen (secondary N) is 7. The van der Waals surface area contributed by atoms with Gasteiger partial charge in [-0.05, 0) is 171 Å². The smallest absolute Gasteiger partial charge is 0.246 e. The zero-order valence-electron chi connectivity index (χ0n) is 69.7. The van der Waals surface area contributed by atoms with Gasteiger partial charge in [0.1, 0.15) is 12.4 Å². The summed E-state index contributed by atoms with van der Waals surface area (Å²) in [5.41, 5.74) is 25.2. The Labute approximate surface area is 682 Å². The van der Waals surface area contributed by atoms with Gasteiger partial charge in [-0.15, -0.1) is 0 Å². The standard InChI is InChI=1S/C83H139N13O16S2/c1-11-12-24-57-42-63(97)48-95(114(110,111)38-23-35-88-82(108)66(87)51-113)36-22-31-71(98)68(28-15-18-32-84)92-79(105)59(40-53(4)5)44-74(101)70(30-17-20-34-86)93-80(106)58(39-52(2)3)43-73(100)69(29-16-19-33-85)91-76(103)50-112-49-62-25-21-37-96(62)83(109)60(41-61-47-89-67-27-14-13-26-64(61)67)45-72(99)56(10)90-81(107)65(54(6)7)46-75(102)77(55(8)9)94-78(57)104/h13-14,26-27,47,52-60,62,65-66,68-70,77,89,113H,11-12,15-25,28-46,48-51,84-87H2,1-10H3,(H,88,108)(H,90,107)(H,91,103)(H,92,105)(H,93,106)(H,94,104)/t56-,57+,58+,59+,60+,62+,65-,66-,68-,69-,70-,77-/m0/s1. The first-order valence-electron chi connectivity index (χ1n) is 41.9. The van der Waals surface area contributed by atoms with E-state index in [1.807, 2.05) is 58.9 Å². The normalized spacial score (nSPS) is 24.8. The van der Waals surface area contributed by atoms with Crippen LogP contribution in [0.1, 0.15) is 229 Å². The number of ketones is 6. The maximum absolute atomic E-state index is 15.1. The second-order valence-corrected chi connectivity index (χ2v) is 35.5. The van der Waals surface area contributed by atoms with Crippen molar-refractivity contribution in [3.8, 4) is 0 Å². The summed E-state index contributed by atoms with van der Waals surface area (Å²) in [6.07, 6.45) is 5.86. The Balaban J connectivity index is 1.82. The first-order chi connectivity index (χ1) is 54.1. The molecular formula is C83H139N13O16S2. The lowest BCUT2D eigenvalue weighted by molar-refractivity contribution is -0.141.